The van der Waals surface area contributed by atoms with Crippen molar-refractivity contribution in [3.05, 3.63) is 61.7 Å². The average Bonchev–Trinajstić information content (AvgIpc) is 3.09. The van der Waals surface area contributed by atoms with Crippen LogP contribution in [-0.4, -0.2) is 60.1 Å². The highest BCUT2D eigenvalue weighted by Gasteiger charge is 2.48. The van der Waals surface area contributed by atoms with Gasteiger partial charge in [-0.15, -0.1) is 0 Å². The lowest BCUT2D eigenvalue weighted by Crippen LogP contribution is -2.64. The van der Waals surface area contributed by atoms with Crippen molar-refractivity contribution in [3.63, 3.8) is 0 Å². The molecule has 4 fully saturated rings. The lowest BCUT2D eigenvalue weighted by molar-refractivity contribution is -0.150. The zero-order valence-electron chi connectivity index (χ0n) is 22.4. The van der Waals surface area contributed by atoms with Crippen LogP contribution >= 0.6 is 0 Å². The number of piperidine rings is 1. The minimum absolute atomic E-state index is 0.0638. The third kappa shape index (κ3) is 4.37. The molecule has 2 aromatic heterocycles. The highest BCUT2D eigenvalue weighted by Crippen LogP contribution is 2.45. The average molecular weight is 533 g/mol. The first-order chi connectivity index (χ1) is 19.0. The molecule has 0 radical (unpaired) electrons. The van der Waals surface area contributed by atoms with Crippen molar-refractivity contribution in [1.29, 1.82) is 0 Å². The Morgan fingerprint density at radius 1 is 0.923 bits per heavy atom. The Balaban J connectivity index is 1.29. The van der Waals surface area contributed by atoms with E-state index >= 15 is 0 Å². The van der Waals surface area contributed by atoms with Crippen LogP contribution in [0.5, 0.6) is 0 Å². The topological polar surface area (TPSA) is 115 Å². The van der Waals surface area contributed by atoms with E-state index in [0.29, 0.717) is 18.2 Å². The van der Waals surface area contributed by atoms with Crippen molar-refractivity contribution in [2.45, 2.75) is 95.0 Å². The largest absolute Gasteiger partial charge is 0.375 e. The number of nitrogens with one attached hydrogen (secondary N) is 1. The normalized spacial score (nSPS) is 33.1. The van der Waals surface area contributed by atoms with Gasteiger partial charge in [-0.05, 0) is 63.0 Å². The SMILES string of the molecule is C[C@@H]1OC[C@H]2C[C@@H](n3c(=O)c(-n4ncc(=O)[nH]c4=O)nc4ccccc43)C[C@@H]1N2[C@@H]1C[C@@H]2CCCC[C@@H](C2)C1. The van der Waals surface area contributed by atoms with E-state index in [0.717, 1.165) is 41.1 Å². The fraction of sp³-hybridized carbons (Fsp3) is 0.621. The molecule has 7 atom stereocenters. The van der Waals surface area contributed by atoms with Crippen molar-refractivity contribution in [2.75, 3.05) is 6.61 Å². The van der Waals surface area contributed by atoms with Crippen molar-refractivity contribution < 1.29 is 4.74 Å². The van der Waals surface area contributed by atoms with Gasteiger partial charge in [0, 0.05) is 24.2 Å². The smallest absolute Gasteiger partial charge is 0.351 e. The Morgan fingerprint density at radius 3 is 2.46 bits per heavy atom. The maximum absolute atomic E-state index is 14.0. The van der Waals surface area contributed by atoms with E-state index in [-0.39, 0.29) is 35.6 Å². The molecule has 7 rings (SSSR count). The zero-order chi connectivity index (χ0) is 26.7. The molecule has 4 aliphatic rings. The van der Waals surface area contributed by atoms with E-state index in [1.807, 2.05) is 28.8 Å². The molecule has 206 valence electrons. The fourth-order valence-corrected chi connectivity index (χ4v) is 8.20. The van der Waals surface area contributed by atoms with Gasteiger partial charge in [0.15, 0.2) is 0 Å². The number of H-pyrrole nitrogens is 1. The number of aromatic amines is 1. The summed E-state index contributed by atoms with van der Waals surface area (Å²) in [5.41, 5.74) is -0.405. The van der Waals surface area contributed by atoms with Crippen LogP contribution in [0, 0.1) is 11.8 Å². The van der Waals surface area contributed by atoms with Gasteiger partial charge in [0.1, 0.15) is 6.20 Å². The van der Waals surface area contributed by atoms with E-state index in [9.17, 15) is 14.4 Å². The van der Waals surface area contributed by atoms with E-state index in [1.165, 1.54) is 44.9 Å². The third-order valence-corrected chi connectivity index (χ3v) is 9.79. The maximum Gasteiger partial charge on any atom is 0.351 e. The highest BCUT2D eigenvalue weighted by atomic mass is 16.5. The third-order valence-electron chi connectivity index (χ3n) is 9.79. The Morgan fingerprint density at radius 2 is 1.69 bits per heavy atom. The summed E-state index contributed by atoms with van der Waals surface area (Å²) in [7, 11) is 0. The Kier molecular flexibility index (Phi) is 6.27. The predicted molar refractivity (Wildman–Crippen MR) is 146 cm³/mol. The predicted octanol–water partition coefficient (Wildman–Crippen LogP) is 2.78. The van der Waals surface area contributed by atoms with Crippen molar-refractivity contribution in [1.82, 2.24) is 29.2 Å². The molecule has 2 aliphatic carbocycles. The van der Waals surface area contributed by atoms with Gasteiger partial charge in [-0.3, -0.25) is 19.5 Å². The number of rotatable bonds is 3. The second-order valence-electron chi connectivity index (χ2n) is 12.2. The lowest BCUT2D eigenvalue weighted by Gasteiger charge is -2.56. The Hall–Kier alpha value is -3.11. The summed E-state index contributed by atoms with van der Waals surface area (Å²) in [6.07, 6.45) is 12.1. The number of para-hydroxylation sites is 2. The minimum atomic E-state index is -0.776. The van der Waals surface area contributed by atoms with E-state index in [2.05, 4.69) is 26.9 Å². The first-order valence-corrected chi connectivity index (χ1v) is 14.6. The molecular formula is C29H36N6O4. The zero-order valence-corrected chi connectivity index (χ0v) is 22.4. The molecule has 3 aromatic rings. The van der Waals surface area contributed by atoms with Gasteiger partial charge in [0.2, 0.25) is 5.82 Å². The monoisotopic (exact) mass is 532 g/mol. The second kappa shape index (κ2) is 9.82. The first-order valence-electron chi connectivity index (χ1n) is 14.6. The summed E-state index contributed by atoms with van der Waals surface area (Å²) in [5, 5.41) is 3.94. The van der Waals surface area contributed by atoms with E-state index < -0.39 is 11.2 Å². The van der Waals surface area contributed by atoms with Crippen molar-refractivity contribution >= 4 is 11.0 Å². The number of hydrogen-bond acceptors (Lipinski definition) is 7. The van der Waals surface area contributed by atoms with Crippen LogP contribution < -0.4 is 16.8 Å². The molecule has 0 amide bonds. The molecule has 4 bridgehead atoms. The summed E-state index contributed by atoms with van der Waals surface area (Å²) in [6, 6.07) is 8.53. The maximum atomic E-state index is 14.0. The van der Waals surface area contributed by atoms with Crippen LogP contribution in [0.1, 0.15) is 70.8 Å². The van der Waals surface area contributed by atoms with Gasteiger partial charge in [0.25, 0.3) is 11.1 Å². The summed E-state index contributed by atoms with van der Waals surface area (Å²) in [5.74, 6) is 1.58. The summed E-state index contributed by atoms with van der Waals surface area (Å²) in [4.78, 5) is 47.7. The molecule has 10 heteroatoms. The quantitative estimate of drug-likeness (QED) is 0.552. The number of ether oxygens (including phenoxy) is 1. The van der Waals surface area contributed by atoms with Crippen LogP contribution in [0.4, 0.5) is 0 Å². The summed E-state index contributed by atoms with van der Waals surface area (Å²) in [6.45, 7) is 2.85. The molecule has 1 N–H and O–H groups in total. The lowest BCUT2D eigenvalue weighted by atomic mass is 9.74. The van der Waals surface area contributed by atoms with Gasteiger partial charge >= 0.3 is 5.69 Å². The van der Waals surface area contributed by atoms with Crippen LogP contribution in [0.3, 0.4) is 0 Å². The molecule has 0 unspecified atom stereocenters. The molecule has 0 spiro atoms. The minimum Gasteiger partial charge on any atom is -0.375 e. The van der Waals surface area contributed by atoms with Crippen LogP contribution in [0.15, 0.2) is 44.8 Å². The van der Waals surface area contributed by atoms with Gasteiger partial charge in [-0.2, -0.15) is 9.78 Å². The molecule has 1 aromatic carbocycles. The van der Waals surface area contributed by atoms with E-state index in [4.69, 9.17) is 4.74 Å². The molecule has 39 heavy (non-hydrogen) atoms. The van der Waals surface area contributed by atoms with Crippen molar-refractivity contribution in [3.8, 4) is 5.82 Å². The molecule has 4 heterocycles. The van der Waals surface area contributed by atoms with Crippen LogP contribution in [-0.2, 0) is 4.74 Å². The van der Waals surface area contributed by atoms with Crippen molar-refractivity contribution in [2.24, 2.45) is 11.8 Å². The second-order valence-corrected chi connectivity index (χ2v) is 12.2. The Bertz CT molecular complexity index is 1550. The number of aromatic nitrogens is 5. The van der Waals surface area contributed by atoms with Gasteiger partial charge in [-0.25, -0.2) is 9.78 Å². The molecular weight excluding hydrogens is 496 g/mol. The van der Waals surface area contributed by atoms with E-state index in [1.54, 1.807) is 0 Å². The van der Waals surface area contributed by atoms with Crippen LogP contribution in [0.25, 0.3) is 16.9 Å². The molecule has 2 saturated heterocycles. The summed E-state index contributed by atoms with van der Waals surface area (Å²) < 4.78 is 9.00. The van der Waals surface area contributed by atoms with Gasteiger partial charge < -0.3 is 9.30 Å². The number of hydrogen-bond donors (Lipinski definition) is 1. The molecule has 2 aliphatic heterocycles. The number of morpholine rings is 1. The van der Waals surface area contributed by atoms with Gasteiger partial charge in [0.05, 0.1) is 23.7 Å². The summed E-state index contributed by atoms with van der Waals surface area (Å²) >= 11 is 0. The number of benzene rings is 1. The Labute approximate surface area is 226 Å². The van der Waals surface area contributed by atoms with Crippen LogP contribution in [0.2, 0.25) is 0 Å². The fourth-order valence-electron chi connectivity index (χ4n) is 8.20. The molecule has 2 saturated carbocycles. The van der Waals surface area contributed by atoms with Gasteiger partial charge in [-0.1, -0.05) is 37.8 Å². The highest BCUT2D eigenvalue weighted by molar-refractivity contribution is 5.75. The number of nitrogens with zero attached hydrogens (tertiary/aromatic N) is 5. The molecule has 10 nitrogen and oxygen atoms in total. The standard InChI is InChI=1S/C29H36N6O4/c1-17-25-14-21(13-22(16-39-17)33(25)20-11-18-6-2-3-7-19(10-18)12-20)34-24-9-5-4-8-23(24)31-27(28(34)37)35-29(38)32-26(36)15-30-35/h4-5,8-9,15,17-22,25H,2-3,6-7,10-14,16H2,1H3,(H,32,36,38)/t17-,18-,19+,20-,21+,22+,25-/m0/s1. The number of fused-ring (bicyclic) bond motifs is 5. The first kappa shape index (κ1) is 24.9.